The van der Waals surface area contributed by atoms with Gasteiger partial charge in [-0.1, -0.05) is 60.5 Å². The molecule has 4 nitrogen and oxygen atoms in total. The first-order chi connectivity index (χ1) is 14.0. The fourth-order valence-electron chi connectivity index (χ4n) is 4.36. The largest absolute Gasteiger partial charge is 0.427 e. The SMILES string of the molecule is CCCC1(OC(C)=O)OCCc2c1n(Cc1ccccc1)c1c(Cl)ccc(Cl)c21. The summed E-state index contributed by atoms with van der Waals surface area (Å²) in [4.78, 5) is 12.1. The van der Waals surface area contributed by atoms with Gasteiger partial charge in [-0.05, 0) is 36.1 Å². The summed E-state index contributed by atoms with van der Waals surface area (Å²) >= 11 is 13.3. The molecule has 0 spiro atoms. The maximum Gasteiger partial charge on any atom is 0.305 e. The van der Waals surface area contributed by atoms with Crippen LogP contribution in [-0.4, -0.2) is 17.1 Å². The van der Waals surface area contributed by atoms with Crippen LogP contribution in [0.5, 0.6) is 0 Å². The van der Waals surface area contributed by atoms with Gasteiger partial charge in [0.05, 0.1) is 27.9 Å². The van der Waals surface area contributed by atoms with Crippen LogP contribution in [0.1, 0.15) is 43.5 Å². The molecular weight excluding hydrogens is 409 g/mol. The van der Waals surface area contributed by atoms with Gasteiger partial charge in [-0.25, -0.2) is 0 Å². The number of carbonyl (C=O) groups excluding carboxylic acids is 1. The van der Waals surface area contributed by atoms with Crippen molar-refractivity contribution in [1.82, 2.24) is 4.57 Å². The summed E-state index contributed by atoms with van der Waals surface area (Å²) in [6.45, 7) is 4.49. The highest BCUT2D eigenvalue weighted by Crippen LogP contribution is 2.46. The highest BCUT2D eigenvalue weighted by atomic mass is 35.5. The van der Waals surface area contributed by atoms with Crippen molar-refractivity contribution in [1.29, 1.82) is 0 Å². The Balaban J connectivity index is 2.05. The van der Waals surface area contributed by atoms with E-state index < -0.39 is 5.79 Å². The number of halogens is 2. The molecule has 2 heterocycles. The number of hydrogen-bond acceptors (Lipinski definition) is 3. The van der Waals surface area contributed by atoms with Crippen LogP contribution in [0.3, 0.4) is 0 Å². The lowest BCUT2D eigenvalue weighted by Crippen LogP contribution is -2.41. The average Bonchev–Trinajstić information content (AvgIpc) is 3.02. The van der Waals surface area contributed by atoms with E-state index in [-0.39, 0.29) is 5.97 Å². The van der Waals surface area contributed by atoms with Crippen molar-refractivity contribution in [2.75, 3.05) is 6.61 Å². The Morgan fingerprint density at radius 3 is 2.59 bits per heavy atom. The second kappa shape index (κ2) is 8.02. The van der Waals surface area contributed by atoms with Crippen LogP contribution >= 0.6 is 23.2 Å². The number of ether oxygens (including phenoxy) is 2. The van der Waals surface area contributed by atoms with E-state index in [4.69, 9.17) is 32.7 Å². The minimum absolute atomic E-state index is 0.375. The molecule has 1 unspecified atom stereocenters. The third-order valence-electron chi connectivity index (χ3n) is 5.32. The predicted octanol–water partition coefficient (Wildman–Crippen LogP) is 6.09. The first-order valence-corrected chi connectivity index (χ1v) is 10.6. The summed E-state index contributed by atoms with van der Waals surface area (Å²) < 4.78 is 14.2. The topological polar surface area (TPSA) is 40.5 Å². The maximum atomic E-state index is 12.1. The van der Waals surface area contributed by atoms with E-state index in [1.54, 1.807) is 0 Å². The third-order valence-corrected chi connectivity index (χ3v) is 5.94. The van der Waals surface area contributed by atoms with E-state index in [1.165, 1.54) is 6.92 Å². The van der Waals surface area contributed by atoms with E-state index in [2.05, 4.69) is 16.7 Å². The second-order valence-corrected chi connectivity index (χ2v) is 8.16. The van der Waals surface area contributed by atoms with Crippen LogP contribution in [0, 0.1) is 0 Å². The van der Waals surface area contributed by atoms with Crippen LogP contribution in [-0.2, 0) is 33.0 Å². The lowest BCUT2D eigenvalue weighted by molar-refractivity contribution is -0.249. The Labute approximate surface area is 180 Å². The summed E-state index contributed by atoms with van der Waals surface area (Å²) in [5.74, 6) is -1.52. The van der Waals surface area contributed by atoms with Crippen molar-refractivity contribution in [2.24, 2.45) is 0 Å². The van der Waals surface area contributed by atoms with Gasteiger partial charge < -0.3 is 14.0 Å². The molecule has 0 bridgehead atoms. The van der Waals surface area contributed by atoms with Gasteiger partial charge in [0.2, 0.25) is 0 Å². The highest BCUT2D eigenvalue weighted by Gasteiger charge is 2.45. The first kappa shape index (κ1) is 20.3. The normalized spacial score (nSPS) is 18.6. The lowest BCUT2D eigenvalue weighted by Gasteiger charge is -2.37. The fourth-order valence-corrected chi connectivity index (χ4v) is 4.88. The van der Waals surface area contributed by atoms with E-state index in [0.717, 1.165) is 34.1 Å². The summed E-state index contributed by atoms with van der Waals surface area (Å²) in [5.41, 5.74) is 3.85. The molecule has 4 rings (SSSR count). The molecule has 1 aliphatic rings. The van der Waals surface area contributed by atoms with E-state index in [1.807, 2.05) is 37.3 Å². The fraction of sp³-hybridized carbons (Fsp3) is 0.348. The zero-order valence-corrected chi connectivity index (χ0v) is 18.0. The molecule has 0 amide bonds. The van der Waals surface area contributed by atoms with Gasteiger partial charge in [-0.15, -0.1) is 0 Å². The molecule has 1 atom stereocenters. The zero-order chi connectivity index (χ0) is 20.6. The number of rotatable bonds is 5. The molecule has 1 aromatic heterocycles. The Morgan fingerprint density at radius 2 is 1.90 bits per heavy atom. The Hall–Kier alpha value is -2.01. The van der Waals surface area contributed by atoms with Crippen molar-refractivity contribution in [3.8, 4) is 0 Å². The lowest BCUT2D eigenvalue weighted by atomic mass is 9.96. The number of fused-ring (bicyclic) bond motifs is 3. The zero-order valence-electron chi connectivity index (χ0n) is 16.5. The number of nitrogens with zero attached hydrogens (tertiary/aromatic N) is 1. The molecule has 152 valence electrons. The molecule has 0 aliphatic carbocycles. The van der Waals surface area contributed by atoms with Gasteiger partial charge in [0.15, 0.2) is 0 Å². The highest BCUT2D eigenvalue weighted by molar-refractivity contribution is 6.40. The summed E-state index contributed by atoms with van der Waals surface area (Å²) in [7, 11) is 0. The van der Waals surface area contributed by atoms with Crippen molar-refractivity contribution < 1.29 is 14.3 Å². The van der Waals surface area contributed by atoms with Gasteiger partial charge in [0.1, 0.15) is 0 Å². The third kappa shape index (κ3) is 3.54. The van der Waals surface area contributed by atoms with Gasteiger partial charge >= 0.3 is 5.97 Å². The number of esters is 1. The first-order valence-electron chi connectivity index (χ1n) is 9.84. The number of carbonyl (C=O) groups is 1. The predicted molar refractivity (Wildman–Crippen MR) is 116 cm³/mol. The molecule has 1 aliphatic heterocycles. The van der Waals surface area contributed by atoms with Crippen LogP contribution in [0.2, 0.25) is 10.0 Å². The van der Waals surface area contributed by atoms with Gasteiger partial charge in [-0.3, -0.25) is 4.79 Å². The standard InChI is InChI=1S/C23H23Cl2NO3/c1-3-12-23(29-15(2)27)22-17(11-13-28-23)20-18(24)9-10-19(25)21(20)26(22)14-16-7-5-4-6-8-16/h4-10H,3,11-14H2,1-2H3. The number of benzene rings is 2. The van der Waals surface area contributed by atoms with Crippen LogP contribution in [0.15, 0.2) is 42.5 Å². The molecular formula is C23H23Cl2NO3. The Kier molecular flexibility index (Phi) is 5.60. The van der Waals surface area contributed by atoms with Gasteiger partial charge in [0, 0.05) is 25.3 Å². The van der Waals surface area contributed by atoms with E-state index in [9.17, 15) is 4.79 Å². The maximum absolute atomic E-state index is 12.1. The molecule has 29 heavy (non-hydrogen) atoms. The summed E-state index contributed by atoms with van der Waals surface area (Å²) in [5, 5.41) is 2.17. The smallest absolute Gasteiger partial charge is 0.305 e. The van der Waals surface area contributed by atoms with Crippen molar-refractivity contribution in [2.45, 2.75) is 45.4 Å². The molecule has 0 radical (unpaired) electrons. The minimum atomic E-state index is -1.14. The number of aromatic nitrogens is 1. The summed E-state index contributed by atoms with van der Waals surface area (Å²) in [6.07, 6.45) is 2.03. The molecule has 6 heteroatoms. The van der Waals surface area contributed by atoms with Crippen LogP contribution in [0.25, 0.3) is 10.9 Å². The average molecular weight is 432 g/mol. The Morgan fingerprint density at radius 1 is 1.17 bits per heavy atom. The quantitative estimate of drug-likeness (QED) is 0.459. The van der Waals surface area contributed by atoms with E-state index in [0.29, 0.717) is 36.0 Å². The molecule has 0 fully saturated rings. The minimum Gasteiger partial charge on any atom is -0.427 e. The molecule has 0 saturated carbocycles. The van der Waals surface area contributed by atoms with Crippen molar-refractivity contribution in [3.63, 3.8) is 0 Å². The monoisotopic (exact) mass is 431 g/mol. The molecule has 3 aromatic rings. The van der Waals surface area contributed by atoms with Crippen LogP contribution < -0.4 is 0 Å². The van der Waals surface area contributed by atoms with Gasteiger partial charge in [-0.2, -0.15) is 0 Å². The van der Waals surface area contributed by atoms with Crippen LogP contribution in [0.4, 0.5) is 0 Å². The molecule has 0 N–H and O–H groups in total. The van der Waals surface area contributed by atoms with Gasteiger partial charge in [0.25, 0.3) is 5.79 Å². The van der Waals surface area contributed by atoms with Crippen molar-refractivity contribution in [3.05, 3.63) is 69.3 Å². The second-order valence-electron chi connectivity index (χ2n) is 7.35. The van der Waals surface area contributed by atoms with E-state index >= 15 is 0 Å². The molecule has 0 saturated heterocycles. The molecule has 2 aromatic carbocycles. The van der Waals surface area contributed by atoms with Crippen molar-refractivity contribution >= 4 is 40.1 Å². The Bertz CT molecular complexity index is 1060. The number of hydrogen-bond donors (Lipinski definition) is 0. The summed E-state index contributed by atoms with van der Waals surface area (Å²) in [6, 6.07) is 13.8.